The number of aryl methyl sites for hydroxylation is 1. The number of halogens is 1. The van der Waals surface area contributed by atoms with Crippen molar-refractivity contribution >= 4 is 6.09 Å². The van der Waals surface area contributed by atoms with Gasteiger partial charge in [-0.1, -0.05) is 0 Å². The van der Waals surface area contributed by atoms with Crippen molar-refractivity contribution in [1.29, 1.82) is 0 Å². The zero-order valence-electron chi connectivity index (χ0n) is 12.6. The highest BCUT2D eigenvalue weighted by atomic mass is 19.1. The average Bonchev–Trinajstić information content (AvgIpc) is 2.36. The number of alkyl carbamates (subject to hydrolysis) is 1. The van der Waals surface area contributed by atoms with Crippen molar-refractivity contribution in [3.8, 4) is 0 Å². The van der Waals surface area contributed by atoms with Gasteiger partial charge in [0.1, 0.15) is 17.8 Å². The molecule has 2 unspecified atom stereocenters. The second kappa shape index (κ2) is 6.82. The highest BCUT2D eigenvalue weighted by Crippen LogP contribution is 2.20. The summed E-state index contributed by atoms with van der Waals surface area (Å²) < 4.78 is 18.5. The first kappa shape index (κ1) is 17.3. The van der Waals surface area contributed by atoms with Crippen LogP contribution < -0.4 is 5.32 Å². The molecular weight excluding hydrogens is 279 g/mol. The number of aliphatic hydroxyl groups excluding tert-OH is 2. The number of hydrogen-bond acceptors (Lipinski definition) is 5. The van der Waals surface area contributed by atoms with Gasteiger partial charge in [-0.3, -0.25) is 0 Å². The molecule has 1 aromatic rings. The van der Waals surface area contributed by atoms with Gasteiger partial charge in [0.05, 0.1) is 0 Å². The number of nitrogens with one attached hydrogen (secondary N) is 1. The van der Waals surface area contributed by atoms with E-state index in [-0.39, 0.29) is 12.1 Å². The Hall–Kier alpha value is -1.73. The first-order chi connectivity index (χ1) is 9.60. The molecule has 0 radical (unpaired) electrons. The molecule has 3 N–H and O–H groups in total. The molecule has 1 heterocycles. The molecule has 2 atom stereocenters. The van der Waals surface area contributed by atoms with Gasteiger partial charge in [-0.05, 0) is 39.3 Å². The average molecular weight is 300 g/mol. The van der Waals surface area contributed by atoms with Crippen molar-refractivity contribution in [2.75, 3.05) is 6.54 Å². The molecule has 0 aliphatic carbocycles. The van der Waals surface area contributed by atoms with Crippen molar-refractivity contribution in [2.24, 2.45) is 0 Å². The fraction of sp³-hybridized carbons (Fsp3) is 0.571. The van der Waals surface area contributed by atoms with Crippen molar-refractivity contribution < 1.29 is 24.1 Å². The zero-order chi connectivity index (χ0) is 16.2. The van der Waals surface area contributed by atoms with Crippen LogP contribution in [0.5, 0.6) is 0 Å². The van der Waals surface area contributed by atoms with E-state index in [0.29, 0.717) is 5.56 Å². The summed E-state index contributed by atoms with van der Waals surface area (Å²) in [5, 5.41) is 22.0. The molecule has 0 spiro atoms. The SMILES string of the molecule is Cc1cnc(F)c(C(O)C(O)CNC(=O)OC(C)(C)C)c1. The number of aliphatic hydroxyl groups is 2. The number of carbonyl (C=O) groups excluding carboxylic acids is 1. The number of hydrogen-bond donors (Lipinski definition) is 3. The predicted molar refractivity (Wildman–Crippen MR) is 74.1 cm³/mol. The summed E-state index contributed by atoms with van der Waals surface area (Å²) in [7, 11) is 0. The summed E-state index contributed by atoms with van der Waals surface area (Å²) >= 11 is 0. The molecule has 1 rings (SSSR count). The maximum Gasteiger partial charge on any atom is 0.407 e. The van der Waals surface area contributed by atoms with Crippen LogP contribution in [0.1, 0.15) is 38.0 Å². The second-order valence-electron chi connectivity index (χ2n) is 5.79. The number of carbonyl (C=O) groups is 1. The Balaban J connectivity index is 2.61. The normalized spacial score (nSPS) is 14.4. The third kappa shape index (κ3) is 5.65. The Morgan fingerprint density at radius 3 is 2.67 bits per heavy atom. The van der Waals surface area contributed by atoms with E-state index in [1.165, 1.54) is 12.3 Å². The fourth-order valence-electron chi connectivity index (χ4n) is 1.60. The number of pyridine rings is 1. The monoisotopic (exact) mass is 300 g/mol. The predicted octanol–water partition coefficient (Wildman–Crippen LogP) is 1.45. The number of nitrogens with zero attached hydrogens (tertiary/aromatic N) is 1. The first-order valence-corrected chi connectivity index (χ1v) is 6.55. The van der Waals surface area contributed by atoms with Crippen molar-refractivity contribution in [3.63, 3.8) is 0 Å². The van der Waals surface area contributed by atoms with Crippen LogP contribution in [0.3, 0.4) is 0 Å². The molecule has 7 heteroatoms. The maximum absolute atomic E-state index is 13.5. The van der Waals surface area contributed by atoms with Crippen LogP contribution in [0.25, 0.3) is 0 Å². The number of amides is 1. The van der Waals surface area contributed by atoms with E-state index in [1.807, 2.05) is 0 Å². The van der Waals surface area contributed by atoms with Crippen molar-refractivity contribution in [3.05, 3.63) is 29.3 Å². The third-order valence-corrected chi connectivity index (χ3v) is 2.54. The second-order valence-corrected chi connectivity index (χ2v) is 5.79. The number of rotatable bonds is 4. The highest BCUT2D eigenvalue weighted by Gasteiger charge is 2.24. The summed E-state index contributed by atoms with van der Waals surface area (Å²) in [5.41, 5.74) is -0.133. The van der Waals surface area contributed by atoms with Crippen molar-refractivity contribution in [2.45, 2.75) is 45.5 Å². The van der Waals surface area contributed by atoms with Gasteiger partial charge in [-0.2, -0.15) is 4.39 Å². The molecule has 0 saturated heterocycles. The summed E-state index contributed by atoms with van der Waals surface area (Å²) in [6.45, 7) is 6.51. The van der Waals surface area contributed by atoms with Crippen LogP contribution >= 0.6 is 0 Å². The summed E-state index contributed by atoms with van der Waals surface area (Å²) in [4.78, 5) is 14.9. The molecule has 0 aromatic carbocycles. The lowest BCUT2D eigenvalue weighted by atomic mass is 10.0. The Labute approximate surface area is 123 Å². The molecule has 0 fully saturated rings. The van der Waals surface area contributed by atoms with Crippen LogP contribution in [-0.4, -0.2) is 39.5 Å². The van der Waals surface area contributed by atoms with E-state index >= 15 is 0 Å². The van der Waals surface area contributed by atoms with Gasteiger partial charge in [0.15, 0.2) is 0 Å². The van der Waals surface area contributed by atoms with Gasteiger partial charge >= 0.3 is 6.09 Å². The smallest absolute Gasteiger partial charge is 0.407 e. The lowest BCUT2D eigenvalue weighted by Gasteiger charge is -2.22. The quantitative estimate of drug-likeness (QED) is 0.732. The van der Waals surface area contributed by atoms with E-state index < -0.39 is 29.8 Å². The van der Waals surface area contributed by atoms with E-state index in [9.17, 15) is 19.4 Å². The van der Waals surface area contributed by atoms with Crippen LogP contribution in [0.4, 0.5) is 9.18 Å². The van der Waals surface area contributed by atoms with E-state index in [4.69, 9.17) is 4.74 Å². The van der Waals surface area contributed by atoms with Gasteiger partial charge in [-0.15, -0.1) is 0 Å². The zero-order valence-corrected chi connectivity index (χ0v) is 12.6. The van der Waals surface area contributed by atoms with Crippen LogP contribution in [-0.2, 0) is 4.74 Å². The van der Waals surface area contributed by atoms with E-state index in [0.717, 1.165) is 0 Å². The van der Waals surface area contributed by atoms with Crippen LogP contribution in [0, 0.1) is 12.9 Å². The van der Waals surface area contributed by atoms with Crippen LogP contribution in [0.2, 0.25) is 0 Å². The summed E-state index contributed by atoms with van der Waals surface area (Å²) in [5.74, 6) is -0.857. The van der Waals surface area contributed by atoms with Gasteiger partial charge < -0.3 is 20.3 Å². The molecule has 118 valence electrons. The number of ether oxygens (including phenoxy) is 1. The minimum atomic E-state index is -1.49. The molecule has 6 nitrogen and oxygen atoms in total. The first-order valence-electron chi connectivity index (χ1n) is 6.55. The highest BCUT2D eigenvalue weighted by molar-refractivity contribution is 5.67. The Morgan fingerprint density at radius 2 is 2.10 bits per heavy atom. The molecule has 0 aliphatic rings. The largest absolute Gasteiger partial charge is 0.444 e. The molecule has 0 saturated carbocycles. The van der Waals surface area contributed by atoms with E-state index in [2.05, 4.69) is 10.3 Å². The molecule has 0 aliphatic heterocycles. The Kier molecular flexibility index (Phi) is 5.62. The Morgan fingerprint density at radius 1 is 1.48 bits per heavy atom. The van der Waals surface area contributed by atoms with Gasteiger partial charge in [-0.25, -0.2) is 9.78 Å². The Bertz CT molecular complexity index is 502. The topological polar surface area (TPSA) is 91.7 Å². The summed E-state index contributed by atoms with van der Waals surface area (Å²) in [6, 6.07) is 1.39. The molecule has 0 bridgehead atoms. The molecule has 1 amide bonds. The minimum Gasteiger partial charge on any atom is -0.444 e. The summed E-state index contributed by atoms with van der Waals surface area (Å²) in [6.07, 6.45) is -2.28. The van der Waals surface area contributed by atoms with Crippen LogP contribution in [0.15, 0.2) is 12.3 Å². The fourth-order valence-corrected chi connectivity index (χ4v) is 1.60. The third-order valence-electron chi connectivity index (χ3n) is 2.54. The minimum absolute atomic E-state index is 0.117. The maximum atomic E-state index is 13.5. The lowest BCUT2D eigenvalue weighted by molar-refractivity contribution is 0.0109. The van der Waals surface area contributed by atoms with Gasteiger partial charge in [0, 0.05) is 18.3 Å². The van der Waals surface area contributed by atoms with E-state index in [1.54, 1.807) is 27.7 Å². The van der Waals surface area contributed by atoms with Gasteiger partial charge in [0.2, 0.25) is 5.95 Å². The standard InChI is InChI=1S/C14H21FN2O4/c1-8-5-9(12(15)16-6-8)11(19)10(18)7-17-13(20)21-14(2,3)4/h5-6,10-11,18-19H,7H2,1-4H3,(H,17,20). The molecular formula is C14H21FN2O4. The molecule has 21 heavy (non-hydrogen) atoms. The van der Waals surface area contributed by atoms with Crippen molar-refractivity contribution in [1.82, 2.24) is 10.3 Å². The molecule has 1 aromatic heterocycles. The van der Waals surface area contributed by atoms with Gasteiger partial charge in [0.25, 0.3) is 0 Å². The number of aromatic nitrogens is 1. The lowest BCUT2D eigenvalue weighted by Crippen LogP contribution is -2.39.